The number of hydrogen-bond donors (Lipinski definition) is 0. The van der Waals surface area contributed by atoms with Crippen molar-refractivity contribution in [2.45, 2.75) is 33.8 Å². The largest absolute Gasteiger partial charge is 0.491 e. The Morgan fingerprint density at radius 1 is 1.14 bits per heavy atom. The Morgan fingerprint density at radius 3 is 2.14 bits per heavy atom. The zero-order chi connectivity index (χ0) is 10.6. The summed E-state index contributed by atoms with van der Waals surface area (Å²) < 4.78 is 5.55. The highest BCUT2D eigenvalue weighted by Crippen LogP contribution is 2.15. The molecule has 0 spiro atoms. The van der Waals surface area contributed by atoms with Crippen molar-refractivity contribution in [1.29, 1.82) is 0 Å². The maximum absolute atomic E-state index is 5.55. The van der Waals surface area contributed by atoms with E-state index in [1.54, 1.807) is 0 Å². The molecule has 0 saturated heterocycles. The highest BCUT2D eigenvalue weighted by Gasteiger charge is 1.96. The lowest BCUT2D eigenvalue weighted by Crippen LogP contribution is -2.05. The van der Waals surface area contributed by atoms with Crippen molar-refractivity contribution in [3.8, 4) is 5.75 Å². The standard InChI is InChI=1S/C13H18O/c1-10(2)9-12-5-7-13(8-6-12)14-11(3)4/h5-9,11H,1-4H3. The fourth-order valence-corrected chi connectivity index (χ4v) is 1.25. The third kappa shape index (κ3) is 3.65. The maximum atomic E-state index is 5.55. The number of hydrogen-bond acceptors (Lipinski definition) is 1. The molecule has 0 saturated carbocycles. The first kappa shape index (κ1) is 10.8. The van der Waals surface area contributed by atoms with E-state index in [9.17, 15) is 0 Å². The zero-order valence-electron chi connectivity index (χ0n) is 9.37. The van der Waals surface area contributed by atoms with Crippen LogP contribution in [0.5, 0.6) is 5.75 Å². The summed E-state index contributed by atoms with van der Waals surface area (Å²) in [5.74, 6) is 0.936. The van der Waals surface area contributed by atoms with Crippen molar-refractivity contribution in [2.24, 2.45) is 0 Å². The maximum Gasteiger partial charge on any atom is 0.119 e. The van der Waals surface area contributed by atoms with Gasteiger partial charge >= 0.3 is 0 Å². The minimum atomic E-state index is 0.240. The second-order valence-corrected chi connectivity index (χ2v) is 3.96. The molecule has 0 radical (unpaired) electrons. The van der Waals surface area contributed by atoms with E-state index in [0.29, 0.717) is 0 Å². The molecule has 1 aromatic rings. The van der Waals surface area contributed by atoms with Gasteiger partial charge in [0.15, 0.2) is 0 Å². The molecule has 0 atom stereocenters. The summed E-state index contributed by atoms with van der Waals surface area (Å²) in [4.78, 5) is 0. The van der Waals surface area contributed by atoms with Crippen LogP contribution in [0.4, 0.5) is 0 Å². The van der Waals surface area contributed by atoms with Gasteiger partial charge in [-0.1, -0.05) is 23.8 Å². The van der Waals surface area contributed by atoms with E-state index >= 15 is 0 Å². The Kier molecular flexibility index (Phi) is 3.75. The van der Waals surface area contributed by atoms with E-state index in [1.807, 2.05) is 26.0 Å². The lowest BCUT2D eigenvalue weighted by Gasteiger charge is -2.09. The van der Waals surface area contributed by atoms with Gasteiger partial charge < -0.3 is 4.74 Å². The number of rotatable bonds is 3. The summed E-state index contributed by atoms with van der Waals surface area (Å²) in [7, 11) is 0. The summed E-state index contributed by atoms with van der Waals surface area (Å²) in [6.45, 7) is 8.26. The monoisotopic (exact) mass is 190 g/mol. The highest BCUT2D eigenvalue weighted by atomic mass is 16.5. The van der Waals surface area contributed by atoms with Crippen LogP contribution in [0, 0.1) is 0 Å². The molecule has 0 aromatic heterocycles. The summed E-state index contributed by atoms with van der Waals surface area (Å²) >= 11 is 0. The second-order valence-electron chi connectivity index (χ2n) is 3.96. The van der Waals surface area contributed by atoms with Gasteiger partial charge in [-0.05, 0) is 45.4 Å². The Hall–Kier alpha value is -1.24. The SMILES string of the molecule is CC(C)=Cc1ccc(OC(C)C)cc1. The van der Waals surface area contributed by atoms with E-state index in [-0.39, 0.29) is 6.10 Å². The van der Waals surface area contributed by atoms with Gasteiger partial charge in [-0.2, -0.15) is 0 Å². The van der Waals surface area contributed by atoms with Crippen molar-refractivity contribution in [2.75, 3.05) is 0 Å². The molecule has 0 aliphatic carbocycles. The fourth-order valence-electron chi connectivity index (χ4n) is 1.25. The van der Waals surface area contributed by atoms with Gasteiger partial charge in [0.05, 0.1) is 6.10 Å². The first-order valence-corrected chi connectivity index (χ1v) is 4.99. The molecule has 0 fully saturated rings. The van der Waals surface area contributed by atoms with Crippen LogP contribution in [0.2, 0.25) is 0 Å². The fraction of sp³-hybridized carbons (Fsp3) is 0.385. The van der Waals surface area contributed by atoms with Crippen LogP contribution in [-0.2, 0) is 0 Å². The second kappa shape index (κ2) is 4.85. The van der Waals surface area contributed by atoms with Crippen molar-refractivity contribution < 1.29 is 4.74 Å². The highest BCUT2D eigenvalue weighted by molar-refractivity contribution is 5.52. The predicted octanol–water partition coefficient (Wildman–Crippen LogP) is 3.90. The van der Waals surface area contributed by atoms with Gasteiger partial charge in [-0.15, -0.1) is 0 Å². The average molecular weight is 190 g/mol. The molecule has 14 heavy (non-hydrogen) atoms. The van der Waals surface area contributed by atoms with Crippen LogP contribution < -0.4 is 4.74 Å². The van der Waals surface area contributed by atoms with Crippen molar-refractivity contribution >= 4 is 6.08 Å². The molecule has 0 N–H and O–H groups in total. The summed E-state index contributed by atoms with van der Waals surface area (Å²) in [6, 6.07) is 8.17. The van der Waals surface area contributed by atoms with Crippen LogP contribution in [0.3, 0.4) is 0 Å². The van der Waals surface area contributed by atoms with Crippen LogP contribution in [0.25, 0.3) is 6.08 Å². The van der Waals surface area contributed by atoms with E-state index in [0.717, 1.165) is 5.75 Å². The molecule has 0 aliphatic rings. The Balaban J connectivity index is 2.74. The minimum Gasteiger partial charge on any atom is -0.491 e. The smallest absolute Gasteiger partial charge is 0.119 e. The number of allylic oxidation sites excluding steroid dienone is 1. The molecule has 0 unspecified atom stereocenters. The third-order valence-electron chi connectivity index (χ3n) is 1.71. The van der Waals surface area contributed by atoms with E-state index < -0.39 is 0 Å². The van der Waals surface area contributed by atoms with Crippen molar-refractivity contribution in [3.05, 3.63) is 35.4 Å². The third-order valence-corrected chi connectivity index (χ3v) is 1.71. The van der Waals surface area contributed by atoms with Gasteiger partial charge in [-0.25, -0.2) is 0 Å². The summed E-state index contributed by atoms with van der Waals surface area (Å²) in [6.07, 6.45) is 2.39. The minimum absolute atomic E-state index is 0.240. The van der Waals surface area contributed by atoms with Crippen LogP contribution in [0.15, 0.2) is 29.8 Å². The normalized spacial score (nSPS) is 10.1. The van der Waals surface area contributed by atoms with E-state index in [4.69, 9.17) is 4.74 Å². The van der Waals surface area contributed by atoms with Gasteiger partial charge in [0.2, 0.25) is 0 Å². The van der Waals surface area contributed by atoms with E-state index in [1.165, 1.54) is 11.1 Å². The first-order valence-electron chi connectivity index (χ1n) is 4.99. The molecule has 0 amide bonds. The molecule has 1 aromatic carbocycles. The quantitative estimate of drug-likeness (QED) is 0.702. The zero-order valence-corrected chi connectivity index (χ0v) is 9.37. The van der Waals surface area contributed by atoms with Crippen LogP contribution in [0.1, 0.15) is 33.3 Å². The molecular formula is C13H18O. The lowest BCUT2D eigenvalue weighted by atomic mass is 10.1. The topological polar surface area (TPSA) is 9.23 Å². The van der Waals surface area contributed by atoms with Crippen LogP contribution in [-0.4, -0.2) is 6.10 Å². The number of ether oxygens (including phenoxy) is 1. The number of benzene rings is 1. The Labute approximate surface area is 86.4 Å². The molecule has 0 heterocycles. The Morgan fingerprint density at radius 2 is 1.71 bits per heavy atom. The first-order chi connectivity index (χ1) is 6.58. The lowest BCUT2D eigenvalue weighted by molar-refractivity contribution is 0.242. The molecule has 1 rings (SSSR count). The van der Waals surface area contributed by atoms with E-state index in [2.05, 4.69) is 32.1 Å². The molecular weight excluding hydrogens is 172 g/mol. The van der Waals surface area contributed by atoms with Gasteiger partial charge in [0.25, 0.3) is 0 Å². The van der Waals surface area contributed by atoms with Gasteiger partial charge in [0.1, 0.15) is 5.75 Å². The summed E-state index contributed by atoms with van der Waals surface area (Å²) in [5.41, 5.74) is 2.53. The summed E-state index contributed by atoms with van der Waals surface area (Å²) in [5, 5.41) is 0. The average Bonchev–Trinajstić information content (AvgIpc) is 2.06. The van der Waals surface area contributed by atoms with Crippen LogP contribution >= 0.6 is 0 Å². The molecule has 76 valence electrons. The predicted molar refractivity (Wildman–Crippen MR) is 61.5 cm³/mol. The van der Waals surface area contributed by atoms with Crippen molar-refractivity contribution in [3.63, 3.8) is 0 Å². The van der Waals surface area contributed by atoms with Gasteiger partial charge in [0, 0.05) is 0 Å². The molecule has 0 bridgehead atoms. The van der Waals surface area contributed by atoms with Gasteiger partial charge in [-0.3, -0.25) is 0 Å². The molecule has 1 heteroatoms. The van der Waals surface area contributed by atoms with Crippen molar-refractivity contribution in [1.82, 2.24) is 0 Å². The molecule has 0 aliphatic heterocycles. The molecule has 1 nitrogen and oxygen atoms in total. The Bertz CT molecular complexity index is 303.